The molecule has 1 unspecified atom stereocenters. The molecule has 2 aromatic carbocycles. The van der Waals surface area contributed by atoms with Crippen LogP contribution >= 0.6 is 0 Å². The summed E-state index contributed by atoms with van der Waals surface area (Å²) >= 11 is 0. The number of hydrogen-bond acceptors (Lipinski definition) is 5. The number of nitrogens with zero attached hydrogens (tertiary/aromatic N) is 5. The third-order valence-electron chi connectivity index (χ3n) is 9.44. The lowest BCUT2D eigenvalue weighted by Crippen LogP contribution is -2.35. The molecule has 8 nitrogen and oxygen atoms in total. The Kier molecular flexibility index (Phi) is 7.04. The zero-order chi connectivity index (χ0) is 28.8. The normalized spacial score (nSPS) is 19.4. The van der Waals surface area contributed by atoms with Crippen LogP contribution in [0.4, 0.5) is 0 Å². The van der Waals surface area contributed by atoms with Crippen LogP contribution in [0.1, 0.15) is 78.8 Å². The number of carboxylic acids is 1. The topological polar surface area (TPSA) is 85.4 Å². The summed E-state index contributed by atoms with van der Waals surface area (Å²) in [6.07, 6.45) is 9.32. The van der Waals surface area contributed by atoms with E-state index in [2.05, 4.69) is 53.8 Å². The number of benzene rings is 2. The Labute approximate surface area is 245 Å². The second-order valence-electron chi connectivity index (χ2n) is 11.8. The van der Waals surface area contributed by atoms with E-state index >= 15 is 0 Å². The molecule has 3 aromatic heterocycles. The van der Waals surface area contributed by atoms with Crippen LogP contribution in [0.5, 0.6) is 0 Å². The predicted octanol–water partition coefficient (Wildman–Crippen LogP) is 6.93. The third-order valence-corrected chi connectivity index (χ3v) is 9.44. The maximum absolute atomic E-state index is 11.2. The first kappa shape index (κ1) is 26.9. The number of rotatable bonds is 6. The van der Waals surface area contributed by atoms with Crippen molar-refractivity contribution in [2.75, 3.05) is 19.7 Å². The molecule has 5 aromatic rings. The molecule has 0 bridgehead atoms. The molecule has 0 amide bonds. The monoisotopic (exact) mass is 563 g/mol. The summed E-state index contributed by atoms with van der Waals surface area (Å²) in [4.78, 5) is 18.6. The molecule has 2 atom stereocenters. The molecule has 2 aliphatic rings. The number of aryl methyl sites for hydroxylation is 1. The van der Waals surface area contributed by atoms with Gasteiger partial charge in [0.2, 0.25) is 0 Å². The Morgan fingerprint density at radius 1 is 1.02 bits per heavy atom. The second-order valence-corrected chi connectivity index (χ2v) is 11.8. The molecule has 1 N–H and O–H groups in total. The van der Waals surface area contributed by atoms with Gasteiger partial charge in [-0.15, -0.1) is 0 Å². The zero-order valence-electron chi connectivity index (χ0n) is 24.2. The molecule has 7 rings (SSSR count). The van der Waals surface area contributed by atoms with Crippen molar-refractivity contribution in [2.45, 2.75) is 57.2 Å². The lowest BCUT2D eigenvalue weighted by molar-refractivity contribution is -0.0366. The fourth-order valence-corrected chi connectivity index (χ4v) is 6.96. The van der Waals surface area contributed by atoms with Gasteiger partial charge in [0.15, 0.2) is 6.23 Å². The van der Waals surface area contributed by atoms with E-state index in [-0.39, 0.29) is 12.3 Å². The first-order valence-electron chi connectivity index (χ1n) is 15.1. The number of piperidine rings is 1. The molecule has 0 saturated carbocycles. The summed E-state index contributed by atoms with van der Waals surface area (Å²) in [6.45, 7) is 5.09. The SMILES string of the molecule is C[C@@H](c1cc2c(-c3ccc4c(cnn4C4CCCCO4)c3)ccnc2n1C)N1CCC(c2ccc(C(=O)O)cc2)CC1. The number of likely N-dealkylation sites (tertiary alicyclic amines) is 1. The number of ether oxygens (including phenoxy) is 1. The molecule has 0 aliphatic carbocycles. The van der Waals surface area contributed by atoms with Gasteiger partial charge in [0.1, 0.15) is 5.65 Å². The number of aromatic nitrogens is 4. The van der Waals surface area contributed by atoms with Crippen LogP contribution in [0.15, 0.2) is 67.0 Å². The first-order chi connectivity index (χ1) is 20.5. The molecule has 216 valence electrons. The van der Waals surface area contributed by atoms with Gasteiger partial charge < -0.3 is 14.4 Å². The van der Waals surface area contributed by atoms with Gasteiger partial charge in [-0.25, -0.2) is 14.5 Å². The maximum atomic E-state index is 11.2. The van der Waals surface area contributed by atoms with Crippen molar-refractivity contribution >= 4 is 27.9 Å². The van der Waals surface area contributed by atoms with Gasteiger partial charge in [-0.1, -0.05) is 18.2 Å². The Bertz CT molecular complexity index is 1740. The minimum Gasteiger partial charge on any atom is -0.478 e. The van der Waals surface area contributed by atoms with Crippen LogP contribution in [0.3, 0.4) is 0 Å². The highest BCUT2D eigenvalue weighted by molar-refractivity contribution is 5.96. The number of hydrogen-bond donors (Lipinski definition) is 1. The molecule has 42 heavy (non-hydrogen) atoms. The van der Waals surface area contributed by atoms with E-state index in [1.54, 1.807) is 12.1 Å². The minimum absolute atomic E-state index is 0.0236. The average molecular weight is 564 g/mol. The predicted molar refractivity (Wildman–Crippen MR) is 164 cm³/mol. The number of carbonyl (C=O) groups is 1. The van der Waals surface area contributed by atoms with Crippen LogP contribution in [-0.2, 0) is 11.8 Å². The molecule has 5 heterocycles. The van der Waals surface area contributed by atoms with Gasteiger partial charge in [-0.2, -0.15) is 5.10 Å². The molecular formula is C34H37N5O3. The summed E-state index contributed by atoms with van der Waals surface area (Å²) < 4.78 is 10.3. The van der Waals surface area contributed by atoms with Crippen molar-refractivity contribution in [3.05, 3.63) is 83.8 Å². The second kappa shape index (κ2) is 11.0. The molecule has 2 aliphatic heterocycles. The summed E-state index contributed by atoms with van der Waals surface area (Å²) in [5.74, 6) is -0.416. The van der Waals surface area contributed by atoms with Crippen molar-refractivity contribution < 1.29 is 14.6 Å². The van der Waals surface area contributed by atoms with E-state index in [0.717, 1.165) is 67.3 Å². The molecule has 2 saturated heterocycles. The van der Waals surface area contributed by atoms with Crippen molar-refractivity contribution in [3.8, 4) is 11.1 Å². The lowest BCUT2D eigenvalue weighted by atomic mass is 9.88. The lowest BCUT2D eigenvalue weighted by Gasteiger charge is -2.36. The van der Waals surface area contributed by atoms with Crippen molar-refractivity contribution in [2.24, 2.45) is 7.05 Å². The van der Waals surface area contributed by atoms with Crippen LogP contribution in [0.2, 0.25) is 0 Å². The Hall–Kier alpha value is -4.01. The molecule has 8 heteroatoms. The zero-order valence-corrected chi connectivity index (χ0v) is 24.2. The number of pyridine rings is 1. The summed E-state index contributed by atoms with van der Waals surface area (Å²) in [7, 11) is 2.12. The van der Waals surface area contributed by atoms with E-state index in [4.69, 9.17) is 14.8 Å². The summed E-state index contributed by atoms with van der Waals surface area (Å²) in [5, 5.41) is 16.2. The Balaban J connectivity index is 1.12. The van der Waals surface area contributed by atoms with E-state index < -0.39 is 5.97 Å². The fourth-order valence-electron chi connectivity index (χ4n) is 6.96. The van der Waals surface area contributed by atoms with Gasteiger partial charge in [-0.3, -0.25) is 4.90 Å². The van der Waals surface area contributed by atoms with Crippen molar-refractivity contribution in [1.82, 2.24) is 24.2 Å². The highest BCUT2D eigenvalue weighted by Crippen LogP contribution is 2.37. The highest BCUT2D eigenvalue weighted by atomic mass is 16.5. The van der Waals surface area contributed by atoms with E-state index in [1.165, 1.54) is 28.8 Å². The molecule has 0 radical (unpaired) electrons. The fraction of sp³-hybridized carbons (Fsp3) is 0.382. The Morgan fingerprint density at radius 2 is 1.83 bits per heavy atom. The first-order valence-corrected chi connectivity index (χ1v) is 15.1. The maximum Gasteiger partial charge on any atom is 0.335 e. The van der Waals surface area contributed by atoms with Crippen LogP contribution in [0, 0.1) is 0 Å². The smallest absolute Gasteiger partial charge is 0.335 e. The van der Waals surface area contributed by atoms with Crippen LogP contribution in [0.25, 0.3) is 33.1 Å². The third kappa shape index (κ3) is 4.78. The van der Waals surface area contributed by atoms with Gasteiger partial charge in [-0.05, 0) is 111 Å². The van der Waals surface area contributed by atoms with E-state index in [1.807, 2.05) is 29.2 Å². The Morgan fingerprint density at radius 3 is 2.57 bits per heavy atom. The standard InChI is InChI=1S/C34H37N5O3/c1-22(38-16-13-24(14-17-38)23-6-8-25(9-7-23)34(40)41)31-20-29-28(12-15-35-33(29)37(31)2)26-10-11-30-27(19-26)21-36-39(30)32-5-3-4-18-42-32/h6-12,15,19-22,24,32H,3-5,13-14,16-18H2,1-2H3,(H,40,41)/t22-,32?/m0/s1. The van der Waals surface area contributed by atoms with Gasteiger partial charge in [0, 0.05) is 42.4 Å². The molecule has 2 fully saturated rings. The number of fused-ring (bicyclic) bond motifs is 2. The minimum atomic E-state index is -0.876. The van der Waals surface area contributed by atoms with Gasteiger partial charge >= 0.3 is 5.97 Å². The quantitative estimate of drug-likeness (QED) is 0.241. The summed E-state index contributed by atoms with van der Waals surface area (Å²) in [6, 6.07) is 18.7. The van der Waals surface area contributed by atoms with Crippen molar-refractivity contribution in [3.63, 3.8) is 0 Å². The van der Waals surface area contributed by atoms with Gasteiger partial charge in [0.25, 0.3) is 0 Å². The average Bonchev–Trinajstić information content (AvgIpc) is 3.62. The van der Waals surface area contributed by atoms with Gasteiger partial charge in [0.05, 0.1) is 17.3 Å². The number of aromatic carboxylic acids is 1. The van der Waals surface area contributed by atoms with E-state index in [9.17, 15) is 9.90 Å². The van der Waals surface area contributed by atoms with Crippen LogP contribution < -0.4 is 0 Å². The van der Waals surface area contributed by atoms with Crippen LogP contribution in [-0.4, -0.2) is 55.0 Å². The highest BCUT2D eigenvalue weighted by Gasteiger charge is 2.27. The van der Waals surface area contributed by atoms with E-state index in [0.29, 0.717) is 11.5 Å². The van der Waals surface area contributed by atoms with Crippen molar-refractivity contribution in [1.29, 1.82) is 0 Å². The largest absolute Gasteiger partial charge is 0.478 e. The number of carboxylic acid groups (broad SMARTS) is 1. The summed E-state index contributed by atoms with van der Waals surface area (Å²) in [5.41, 5.74) is 7.29. The molecular weight excluding hydrogens is 526 g/mol. The molecule has 0 spiro atoms.